The molecule has 0 radical (unpaired) electrons. The van der Waals surface area contributed by atoms with Gasteiger partial charge in [0.2, 0.25) is 0 Å². The second-order valence-electron chi connectivity index (χ2n) is 10.0. The zero-order valence-electron chi connectivity index (χ0n) is 14.4. The largest absolute Gasteiger partial charge is 0.307 e. The molecule has 4 fully saturated rings. The Morgan fingerprint density at radius 1 is 0.800 bits per heavy atom. The first-order valence-corrected chi connectivity index (χ1v) is 8.23. The van der Waals surface area contributed by atoms with Crippen LogP contribution in [0, 0.1) is 21.7 Å². The van der Waals surface area contributed by atoms with Gasteiger partial charge in [0, 0.05) is 6.04 Å². The van der Waals surface area contributed by atoms with E-state index in [-0.39, 0.29) is 12.4 Å². The van der Waals surface area contributed by atoms with E-state index in [1.165, 1.54) is 44.9 Å². The zero-order chi connectivity index (χ0) is 14.1. The van der Waals surface area contributed by atoms with Crippen molar-refractivity contribution < 1.29 is 0 Å². The predicted molar refractivity (Wildman–Crippen MR) is 89.5 cm³/mol. The summed E-state index contributed by atoms with van der Waals surface area (Å²) in [5.41, 5.74) is 2.58. The maximum atomic E-state index is 2.59. The van der Waals surface area contributed by atoms with Crippen molar-refractivity contribution >= 4 is 12.4 Å². The molecule has 0 aromatic carbocycles. The Balaban J connectivity index is 0.00000147. The van der Waals surface area contributed by atoms with Crippen molar-refractivity contribution in [3.8, 4) is 0 Å². The van der Waals surface area contributed by atoms with Crippen LogP contribution in [0.25, 0.3) is 0 Å². The third-order valence-electron chi connectivity index (χ3n) is 6.58. The van der Waals surface area contributed by atoms with Gasteiger partial charge in [-0.15, -0.1) is 12.4 Å². The third-order valence-corrected chi connectivity index (χ3v) is 6.58. The van der Waals surface area contributed by atoms with Crippen molar-refractivity contribution in [2.24, 2.45) is 21.7 Å². The van der Waals surface area contributed by atoms with Crippen molar-refractivity contribution in [2.75, 3.05) is 14.1 Å². The Kier molecular flexibility index (Phi) is 3.84. The van der Waals surface area contributed by atoms with Gasteiger partial charge in [0.1, 0.15) is 0 Å². The molecule has 1 nitrogen and oxygen atoms in total. The molecule has 118 valence electrons. The molecule has 4 aliphatic rings. The van der Waals surface area contributed by atoms with Crippen LogP contribution >= 0.6 is 12.4 Å². The van der Waals surface area contributed by atoms with Gasteiger partial charge in [0.05, 0.1) is 0 Å². The average molecular weight is 300 g/mol. The fraction of sp³-hybridized carbons (Fsp3) is 1.00. The highest BCUT2D eigenvalue weighted by Gasteiger charge is 2.63. The van der Waals surface area contributed by atoms with Gasteiger partial charge in [-0.25, -0.2) is 0 Å². The van der Waals surface area contributed by atoms with Gasteiger partial charge in [0.15, 0.2) is 0 Å². The van der Waals surface area contributed by atoms with Crippen LogP contribution in [0.1, 0.15) is 72.6 Å². The Labute approximate surface area is 132 Å². The molecule has 0 aromatic rings. The molecule has 20 heavy (non-hydrogen) atoms. The summed E-state index contributed by atoms with van der Waals surface area (Å²) in [7, 11) is 4.49. The lowest BCUT2D eigenvalue weighted by atomic mass is 9.36. The van der Waals surface area contributed by atoms with Crippen molar-refractivity contribution in [3.63, 3.8) is 0 Å². The van der Waals surface area contributed by atoms with Gasteiger partial charge in [-0.2, -0.15) is 0 Å². The van der Waals surface area contributed by atoms with E-state index in [0.717, 1.165) is 6.04 Å². The first-order chi connectivity index (χ1) is 8.57. The Bertz CT molecular complexity index is 335. The summed E-state index contributed by atoms with van der Waals surface area (Å²) in [5.74, 6) is 0. The fourth-order valence-electron chi connectivity index (χ4n) is 7.58. The maximum Gasteiger partial charge on any atom is 0.00661 e. The number of halogens is 1. The van der Waals surface area contributed by atoms with E-state index in [9.17, 15) is 0 Å². The van der Waals surface area contributed by atoms with Crippen LogP contribution in [0.3, 0.4) is 0 Å². The number of hydrogen-bond donors (Lipinski definition) is 0. The SMILES string of the molecule is CC(CC12CC3(C)CC(C)(CC(C)(C3)C1)C2)N(C)C.Cl. The fourth-order valence-corrected chi connectivity index (χ4v) is 7.58. The van der Waals surface area contributed by atoms with Crippen molar-refractivity contribution in [1.29, 1.82) is 0 Å². The van der Waals surface area contributed by atoms with E-state index in [2.05, 4.69) is 46.7 Å². The summed E-state index contributed by atoms with van der Waals surface area (Å²) in [6.07, 6.45) is 10.4. The van der Waals surface area contributed by atoms with Gasteiger partial charge in [-0.1, -0.05) is 20.8 Å². The summed E-state index contributed by atoms with van der Waals surface area (Å²) in [6.45, 7) is 10.2. The second-order valence-corrected chi connectivity index (χ2v) is 10.0. The maximum absolute atomic E-state index is 2.59. The summed E-state index contributed by atoms with van der Waals surface area (Å²) in [6, 6.07) is 0.729. The minimum Gasteiger partial charge on any atom is -0.307 e. The molecule has 0 aliphatic heterocycles. The summed E-state index contributed by atoms with van der Waals surface area (Å²) in [5, 5.41) is 0. The Morgan fingerprint density at radius 2 is 1.15 bits per heavy atom. The molecule has 4 rings (SSSR count). The molecule has 0 amide bonds. The van der Waals surface area contributed by atoms with Crippen LogP contribution < -0.4 is 0 Å². The number of nitrogens with zero attached hydrogens (tertiary/aromatic N) is 1. The molecule has 1 unspecified atom stereocenters. The second kappa shape index (κ2) is 4.62. The van der Waals surface area contributed by atoms with Crippen molar-refractivity contribution in [3.05, 3.63) is 0 Å². The summed E-state index contributed by atoms with van der Waals surface area (Å²) >= 11 is 0. The molecule has 0 spiro atoms. The van der Waals surface area contributed by atoms with E-state index >= 15 is 0 Å². The smallest absolute Gasteiger partial charge is 0.00661 e. The number of rotatable bonds is 3. The minimum atomic E-state index is 0. The summed E-state index contributed by atoms with van der Waals surface area (Å²) < 4.78 is 0. The zero-order valence-corrected chi connectivity index (χ0v) is 15.2. The van der Waals surface area contributed by atoms with Crippen LogP contribution in [0.2, 0.25) is 0 Å². The van der Waals surface area contributed by atoms with E-state index in [1.54, 1.807) is 0 Å². The predicted octanol–water partition coefficient (Wildman–Crippen LogP) is 5.14. The topological polar surface area (TPSA) is 3.24 Å². The molecule has 1 atom stereocenters. The molecule has 4 aliphatic carbocycles. The normalized spacial score (nSPS) is 51.1. The lowest BCUT2D eigenvalue weighted by Crippen LogP contribution is -2.59. The first-order valence-electron chi connectivity index (χ1n) is 8.23. The molecule has 4 bridgehead atoms. The molecule has 0 N–H and O–H groups in total. The molecule has 0 aromatic heterocycles. The Hall–Kier alpha value is 0.250. The summed E-state index contributed by atoms with van der Waals surface area (Å²) in [4.78, 5) is 2.42. The molecule has 0 saturated heterocycles. The van der Waals surface area contributed by atoms with Crippen LogP contribution in [0.4, 0.5) is 0 Å². The van der Waals surface area contributed by atoms with E-state index in [4.69, 9.17) is 0 Å². The Morgan fingerprint density at radius 3 is 1.45 bits per heavy atom. The van der Waals surface area contributed by atoms with Gasteiger partial charge in [0.25, 0.3) is 0 Å². The average Bonchev–Trinajstić information content (AvgIpc) is 2.07. The lowest BCUT2D eigenvalue weighted by molar-refractivity contribution is -0.189. The standard InChI is InChI=1S/C18H33N.ClH/c1-14(19(5)6)7-18-11-15(2)8-16(3,12-18)10-17(4,9-15)13-18;/h14H,7-13H2,1-6H3;1H. The van der Waals surface area contributed by atoms with Crippen LogP contribution in [0.5, 0.6) is 0 Å². The monoisotopic (exact) mass is 299 g/mol. The highest BCUT2D eigenvalue weighted by molar-refractivity contribution is 5.85. The van der Waals surface area contributed by atoms with E-state index in [0.29, 0.717) is 21.7 Å². The van der Waals surface area contributed by atoms with Crippen LogP contribution in [-0.4, -0.2) is 25.0 Å². The molecular formula is C18H34ClN. The van der Waals surface area contributed by atoms with E-state index in [1.807, 2.05) is 0 Å². The van der Waals surface area contributed by atoms with Gasteiger partial charge < -0.3 is 4.90 Å². The molecule has 4 saturated carbocycles. The van der Waals surface area contributed by atoms with Gasteiger partial charge >= 0.3 is 0 Å². The lowest BCUT2D eigenvalue weighted by Gasteiger charge is -2.69. The van der Waals surface area contributed by atoms with E-state index < -0.39 is 0 Å². The van der Waals surface area contributed by atoms with Gasteiger partial charge in [-0.3, -0.25) is 0 Å². The van der Waals surface area contributed by atoms with Crippen LogP contribution in [-0.2, 0) is 0 Å². The van der Waals surface area contributed by atoms with Crippen molar-refractivity contribution in [2.45, 2.75) is 78.7 Å². The molecular weight excluding hydrogens is 266 g/mol. The first kappa shape index (κ1) is 16.6. The molecule has 2 heteroatoms. The van der Waals surface area contributed by atoms with Crippen LogP contribution in [0.15, 0.2) is 0 Å². The molecule has 0 heterocycles. The number of hydrogen-bond acceptors (Lipinski definition) is 1. The van der Waals surface area contributed by atoms with Crippen molar-refractivity contribution in [1.82, 2.24) is 4.90 Å². The quantitative estimate of drug-likeness (QED) is 0.698. The highest BCUT2D eigenvalue weighted by atomic mass is 35.5. The minimum absolute atomic E-state index is 0. The van der Waals surface area contributed by atoms with Gasteiger partial charge in [-0.05, 0) is 87.6 Å². The third kappa shape index (κ3) is 2.65. The highest BCUT2D eigenvalue weighted by Crippen LogP contribution is 2.74.